The first-order valence-corrected chi connectivity index (χ1v) is 6.19. The minimum atomic E-state index is -0.957. The van der Waals surface area contributed by atoms with Crippen LogP contribution >= 0.6 is 0 Å². The summed E-state index contributed by atoms with van der Waals surface area (Å²) in [5.41, 5.74) is -0.144. The molecule has 2 unspecified atom stereocenters. The number of amides is 2. The van der Waals surface area contributed by atoms with Crippen molar-refractivity contribution in [3.63, 3.8) is 0 Å². The second-order valence-corrected chi connectivity index (χ2v) is 4.75. The zero-order valence-electron chi connectivity index (χ0n) is 10.9. The molecule has 18 heavy (non-hydrogen) atoms. The summed E-state index contributed by atoms with van der Waals surface area (Å²) in [6.45, 7) is 5.94. The normalized spacial score (nSPS) is 28.2. The monoisotopic (exact) mass is 246 g/mol. The fraction of sp³-hybridized carbons (Fsp3) is 0.429. The van der Waals surface area contributed by atoms with Gasteiger partial charge in [0.2, 0.25) is 5.91 Å². The van der Waals surface area contributed by atoms with E-state index < -0.39 is 11.6 Å². The summed E-state index contributed by atoms with van der Waals surface area (Å²) < 4.78 is 0. The van der Waals surface area contributed by atoms with Crippen molar-refractivity contribution < 1.29 is 9.59 Å². The van der Waals surface area contributed by atoms with Crippen molar-refractivity contribution in [2.45, 2.75) is 32.4 Å². The standard InChI is InChI=1S/C14H18N2O2/c1-4-16-10(2)12(17)15-14(3,13(16)18)11-8-6-5-7-9-11/h5-10H,4H2,1-3H3,(H,15,17). The van der Waals surface area contributed by atoms with E-state index in [9.17, 15) is 9.59 Å². The van der Waals surface area contributed by atoms with Crippen LogP contribution in [0.2, 0.25) is 0 Å². The van der Waals surface area contributed by atoms with Crippen LogP contribution in [0.5, 0.6) is 0 Å². The Morgan fingerprint density at radius 2 is 1.89 bits per heavy atom. The molecule has 4 heteroatoms. The van der Waals surface area contributed by atoms with Crippen molar-refractivity contribution in [3.8, 4) is 0 Å². The molecule has 1 saturated heterocycles. The van der Waals surface area contributed by atoms with Crippen LogP contribution in [-0.2, 0) is 15.1 Å². The highest BCUT2D eigenvalue weighted by Crippen LogP contribution is 2.28. The fourth-order valence-corrected chi connectivity index (χ4v) is 2.39. The van der Waals surface area contributed by atoms with Gasteiger partial charge in [0.15, 0.2) is 0 Å². The maximum atomic E-state index is 12.5. The van der Waals surface area contributed by atoms with Crippen molar-refractivity contribution in [3.05, 3.63) is 35.9 Å². The third-order valence-corrected chi connectivity index (χ3v) is 3.60. The largest absolute Gasteiger partial charge is 0.336 e. The first kappa shape index (κ1) is 12.6. The van der Waals surface area contributed by atoms with Crippen molar-refractivity contribution >= 4 is 11.8 Å². The van der Waals surface area contributed by atoms with Crippen LogP contribution in [0.3, 0.4) is 0 Å². The highest BCUT2D eigenvalue weighted by molar-refractivity contribution is 5.99. The average molecular weight is 246 g/mol. The van der Waals surface area contributed by atoms with E-state index in [4.69, 9.17) is 0 Å². The second-order valence-electron chi connectivity index (χ2n) is 4.75. The van der Waals surface area contributed by atoms with Crippen LogP contribution in [0, 0.1) is 0 Å². The molecule has 0 spiro atoms. The molecule has 0 radical (unpaired) electrons. The molecule has 0 saturated carbocycles. The van der Waals surface area contributed by atoms with Crippen molar-refractivity contribution in [1.82, 2.24) is 10.2 Å². The van der Waals surface area contributed by atoms with Gasteiger partial charge in [-0.3, -0.25) is 9.59 Å². The minimum absolute atomic E-state index is 0.0525. The number of nitrogens with zero attached hydrogens (tertiary/aromatic N) is 1. The van der Waals surface area contributed by atoms with E-state index >= 15 is 0 Å². The van der Waals surface area contributed by atoms with Crippen molar-refractivity contribution in [1.29, 1.82) is 0 Å². The molecule has 2 rings (SSSR count). The molecule has 96 valence electrons. The molecule has 4 nitrogen and oxygen atoms in total. The number of benzene rings is 1. The van der Waals surface area contributed by atoms with Crippen LogP contribution in [0.4, 0.5) is 0 Å². The number of hydrogen-bond donors (Lipinski definition) is 1. The number of nitrogens with one attached hydrogen (secondary N) is 1. The molecule has 0 bridgehead atoms. The second kappa shape index (κ2) is 4.44. The maximum absolute atomic E-state index is 12.5. The molecule has 2 amide bonds. The van der Waals surface area contributed by atoms with Gasteiger partial charge in [0, 0.05) is 6.54 Å². The van der Waals surface area contributed by atoms with E-state index in [1.54, 1.807) is 18.7 Å². The Morgan fingerprint density at radius 1 is 1.28 bits per heavy atom. The first-order chi connectivity index (χ1) is 8.50. The van der Waals surface area contributed by atoms with Gasteiger partial charge in [-0.15, -0.1) is 0 Å². The summed E-state index contributed by atoms with van der Waals surface area (Å²) in [7, 11) is 0. The molecular formula is C14H18N2O2. The van der Waals surface area contributed by atoms with E-state index in [1.807, 2.05) is 37.3 Å². The molecule has 1 aromatic rings. The lowest BCUT2D eigenvalue weighted by molar-refractivity contribution is -0.153. The zero-order chi connectivity index (χ0) is 13.3. The number of carbonyl (C=O) groups excluding carboxylic acids is 2. The Bertz CT molecular complexity index is 472. The van der Waals surface area contributed by atoms with E-state index in [2.05, 4.69) is 5.32 Å². The van der Waals surface area contributed by atoms with Gasteiger partial charge in [-0.2, -0.15) is 0 Å². The molecular weight excluding hydrogens is 228 g/mol. The number of piperazine rings is 1. The molecule has 1 fully saturated rings. The molecule has 0 aliphatic carbocycles. The zero-order valence-corrected chi connectivity index (χ0v) is 10.9. The van der Waals surface area contributed by atoms with Gasteiger partial charge in [-0.1, -0.05) is 30.3 Å². The Labute approximate surface area is 107 Å². The number of carbonyl (C=O) groups is 2. The van der Waals surface area contributed by atoms with E-state index in [0.717, 1.165) is 5.56 Å². The summed E-state index contributed by atoms with van der Waals surface area (Å²) in [5.74, 6) is -0.161. The van der Waals surface area contributed by atoms with Gasteiger partial charge in [0.25, 0.3) is 5.91 Å². The van der Waals surface area contributed by atoms with Crippen molar-refractivity contribution in [2.24, 2.45) is 0 Å². The van der Waals surface area contributed by atoms with Gasteiger partial charge < -0.3 is 10.2 Å². The van der Waals surface area contributed by atoms with Gasteiger partial charge in [0.05, 0.1) is 0 Å². The van der Waals surface area contributed by atoms with Crippen LogP contribution < -0.4 is 5.32 Å². The van der Waals surface area contributed by atoms with Gasteiger partial charge in [-0.25, -0.2) is 0 Å². The molecule has 1 N–H and O–H groups in total. The molecule has 2 atom stereocenters. The van der Waals surface area contributed by atoms with E-state index in [1.165, 1.54) is 0 Å². The smallest absolute Gasteiger partial charge is 0.253 e. The molecule has 1 aliphatic rings. The highest BCUT2D eigenvalue weighted by Gasteiger charge is 2.46. The number of rotatable bonds is 2. The van der Waals surface area contributed by atoms with Crippen LogP contribution in [0.25, 0.3) is 0 Å². The van der Waals surface area contributed by atoms with Gasteiger partial charge >= 0.3 is 0 Å². The summed E-state index contributed by atoms with van der Waals surface area (Å²) >= 11 is 0. The predicted octanol–water partition coefficient (Wildman–Crippen LogP) is 1.27. The molecule has 1 aromatic carbocycles. The lowest BCUT2D eigenvalue weighted by Crippen LogP contribution is -2.66. The Kier molecular flexibility index (Phi) is 3.11. The van der Waals surface area contributed by atoms with Crippen LogP contribution in [0.15, 0.2) is 30.3 Å². The molecule has 1 heterocycles. The summed E-state index contributed by atoms with van der Waals surface area (Å²) in [6.07, 6.45) is 0. The summed E-state index contributed by atoms with van der Waals surface area (Å²) in [6, 6.07) is 8.95. The average Bonchev–Trinajstić information content (AvgIpc) is 2.38. The van der Waals surface area contributed by atoms with Gasteiger partial charge in [0.1, 0.15) is 11.6 Å². The topological polar surface area (TPSA) is 49.4 Å². The fourth-order valence-electron chi connectivity index (χ4n) is 2.39. The molecule has 1 aliphatic heterocycles. The number of likely N-dealkylation sites (N-methyl/N-ethyl adjacent to an activating group) is 1. The van der Waals surface area contributed by atoms with Gasteiger partial charge in [-0.05, 0) is 26.3 Å². The van der Waals surface area contributed by atoms with Crippen LogP contribution in [0.1, 0.15) is 26.3 Å². The van der Waals surface area contributed by atoms with Crippen molar-refractivity contribution in [2.75, 3.05) is 6.54 Å². The Morgan fingerprint density at radius 3 is 2.44 bits per heavy atom. The highest BCUT2D eigenvalue weighted by atomic mass is 16.2. The quantitative estimate of drug-likeness (QED) is 0.854. The summed E-state index contributed by atoms with van der Waals surface area (Å²) in [4.78, 5) is 26.2. The predicted molar refractivity (Wildman–Crippen MR) is 68.8 cm³/mol. The third-order valence-electron chi connectivity index (χ3n) is 3.60. The Balaban J connectivity index is 2.44. The first-order valence-electron chi connectivity index (χ1n) is 6.19. The lowest BCUT2D eigenvalue weighted by atomic mass is 9.87. The maximum Gasteiger partial charge on any atom is 0.253 e. The SMILES string of the molecule is CCN1C(=O)C(C)(c2ccccc2)NC(=O)C1C. The number of hydrogen-bond acceptors (Lipinski definition) is 2. The Hall–Kier alpha value is -1.84. The summed E-state index contributed by atoms with van der Waals surface area (Å²) in [5, 5.41) is 2.84. The molecule has 0 aromatic heterocycles. The van der Waals surface area contributed by atoms with E-state index in [0.29, 0.717) is 6.54 Å². The van der Waals surface area contributed by atoms with Crippen LogP contribution in [-0.4, -0.2) is 29.3 Å². The lowest BCUT2D eigenvalue weighted by Gasteiger charge is -2.43. The van der Waals surface area contributed by atoms with E-state index in [-0.39, 0.29) is 11.8 Å². The third kappa shape index (κ3) is 1.78. The minimum Gasteiger partial charge on any atom is -0.336 e.